The highest BCUT2D eigenvalue weighted by molar-refractivity contribution is 6.30. The Balaban J connectivity index is 1.76. The fourth-order valence-electron chi connectivity index (χ4n) is 2.51. The predicted octanol–water partition coefficient (Wildman–Crippen LogP) is 2.45. The van der Waals surface area contributed by atoms with E-state index in [0.29, 0.717) is 18.1 Å². The van der Waals surface area contributed by atoms with Crippen LogP contribution in [0.15, 0.2) is 24.3 Å². The number of hydrogen-bond donors (Lipinski definition) is 1. The Bertz CT molecular complexity index is 450. The Morgan fingerprint density at radius 2 is 2.15 bits per heavy atom. The van der Waals surface area contributed by atoms with Gasteiger partial charge in [-0.2, -0.15) is 0 Å². The highest BCUT2D eigenvalue weighted by atomic mass is 35.5. The normalized spacial score (nSPS) is 22.6. The quantitative estimate of drug-likeness (QED) is 0.928. The highest BCUT2D eigenvalue weighted by Crippen LogP contribution is 2.18. The molecule has 5 heteroatoms. The molecule has 1 amide bonds. The maximum absolute atomic E-state index is 12.1. The molecule has 1 aromatic carbocycles. The average molecular weight is 297 g/mol. The Morgan fingerprint density at radius 1 is 1.45 bits per heavy atom. The number of ether oxygens (including phenoxy) is 1. The van der Waals surface area contributed by atoms with Gasteiger partial charge in [-0.15, -0.1) is 0 Å². The summed E-state index contributed by atoms with van der Waals surface area (Å²) in [6.45, 7) is 3.19. The smallest absolute Gasteiger partial charge is 0.226 e. The van der Waals surface area contributed by atoms with Gasteiger partial charge < -0.3 is 15.4 Å². The van der Waals surface area contributed by atoms with E-state index in [2.05, 4.69) is 6.92 Å². The summed E-state index contributed by atoms with van der Waals surface area (Å²) in [7, 11) is 0. The van der Waals surface area contributed by atoms with E-state index in [9.17, 15) is 4.79 Å². The molecule has 110 valence electrons. The maximum atomic E-state index is 12.1. The van der Waals surface area contributed by atoms with Crippen LogP contribution in [-0.4, -0.2) is 36.0 Å². The van der Waals surface area contributed by atoms with Gasteiger partial charge in [-0.3, -0.25) is 4.79 Å². The van der Waals surface area contributed by atoms with Crippen LogP contribution in [0.2, 0.25) is 5.02 Å². The monoisotopic (exact) mass is 296 g/mol. The number of benzene rings is 1. The molecule has 0 aliphatic carbocycles. The van der Waals surface area contributed by atoms with Crippen LogP contribution in [0, 0.1) is 0 Å². The minimum absolute atomic E-state index is 0.137. The van der Waals surface area contributed by atoms with Crippen LogP contribution < -0.4 is 10.5 Å². The summed E-state index contributed by atoms with van der Waals surface area (Å²) in [6.07, 6.45) is 2.15. The van der Waals surface area contributed by atoms with Gasteiger partial charge >= 0.3 is 0 Å². The van der Waals surface area contributed by atoms with Gasteiger partial charge in [0.2, 0.25) is 5.91 Å². The van der Waals surface area contributed by atoms with Crippen molar-refractivity contribution in [3.8, 4) is 5.75 Å². The van der Waals surface area contributed by atoms with Crippen LogP contribution in [0.25, 0.3) is 0 Å². The number of halogens is 1. The molecule has 1 saturated heterocycles. The van der Waals surface area contributed by atoms with Crippen LogP contribution in [0.5, 0.6) is 5.75 Å². The van der Waals surface area contributed by atoms with Gasteiger partial charge in [0.25, 0.3) is 0 Å². The van der Waals surface area contributed by atoms with Crippen LogP contribution in [0.1, 0.15) is 26.2 Å². The number of hydrogen-bond acceptors (Lipinski definition) is 3. The Morgan fingerprint density at radius 3 is 2.80 bits per heavy atom. The molecular formula is C15H21ClN2O2. The lowest BCUT2D eigenvalue weighted by molar-refractivity contribution is -0.135. The lowest BCUT2D eigenvalue weighted by Crippen LogP contribution is -2.48. The van der Waals surface area contributed by atoms with Crippen molar-refractivity contribution in [1.29, 1.82) is 0 Å². The fraction of sp³-hybridized carbons (Fsp3) is 0.533. The molecule has 0 saturated carbocycles. The number of likely N-dealkylation sites (tertiary alicyclic amines) is 1. The van der Waals surface area contributed by atoms with Crippen molar-refractivity contribution in [1.82, 2.24) is 4.90 Å². The third-order valence-corrected chi connectivity index (χ3v) is 3.89. The first-order valence-corrected chi connectivity index (χ1v) is 7.37. The van der Waals surface area contributed by atoms with E-state index < -0.39 is 0 Å². The minimum Gasteiger partial charge on any atom is -0.493 e. The van der Waals surface area contributed by atoms with E-state index in [-0.39, 0.29) is 18.0 Å². The van der Waals surface area contributed by atoms with Crippen molar-refractivity contribution in [2.45, 2.75) is 38.3 Å². The first-order chi connectivity index (χ1) is 9.56. The van der Waals surface area contributed by atoms with Crippen molar-refractivity contribution >= 4 is 17.5 Å². The van der Waals surface area contributed by atoms with Gasteiger partial charge in [-0.25, -0.2) is 0 Å². The van der Waals surface area contributed by atoms with E-state index in [4.69, 9.17) is 22.1 Å². The van der Waals surface area contributed by atoms with E-state index in [1.807, 2.05) is 4.90 Å². The van der Waals surface area contributed by atoms with Crippen molar-refractivity contribution in [2.24, 2.45) is 5.73 Å². The molecule has 0 radical (unpaired) electrons. The molecule has 2 unspecified atom stereocenters. The second kappa shape index (κ2) is 6.95. The summed E-state index contributed by atoms with van der Waals surface area (Å²) < 4.78 is 5.55. The summed E-state index contributed by atoms with van der Waals surface area (Å²) in [5.41, 5.74) is 5.90. The molecule has 2 N–H and O–H groups in total. The Kier molecular flexibility index (Phi) is 5.26. The number of piperidine rings is 1. The second-order valence-electron chi connectivity index (χ2n) is 5.27. The third-order valence-electron chi connectivity index (χ3n) is 3.64. The minimum atomic E-state index is 0.137. The van der Waals surface area contributed by atoms with Gasteiger partial charge in [0.1, 0.15) is 5.75 Å². The van der Waals surface area contributed by atoms with Gasteiger partial charge in [0.05, 0.1) is 13.0 Å². The van der Waals surface area contributed by atoms with Crippen molar-refractivity contribution in [3.63, 3.8) is 0 Å². The SMILES string of the molecule is CC1CC(N)CCN1C(=O)CCOc1ccc(Cl)cc1. The predicted molar refractivity (Wildman–Crippen MR) is 79.9 cm³/mol. The van der Waals surface area contributed by atoms with E-state index in [0.717, 1.165) is 25.1 Å². The van der Waals surface area contributed by atoms with Gasteiger partial charge in [-0.05, 0) is 44.0 Å². The van der Waals surface area contributed by atoms with E-state index in [1.165, 1.54) is 0 Å². The molecule has 0 spiro atoms. The molecule has 2 rings (SSSR count). The summed E-state index contributed by atoms with van der Waals surface area (Å²) in [6, 6.07) is 7.59. The van der Waals surface area contributed by atoms with Gasteiger partial charge in [-0.1, -0.05) is 11.6 Å². The topological polar surface area (TPSA) is 55.6 Å². The Hall–Kier alpha value is -1.26. The lowest BCUT2D eigenvalue weighted by Gasteiger charge is -2.36. The number of rotatable bonds is 4. The molecule has 4 nitrogen and oxygen atoms in total. The van der Waals surface area contributed by atoms with Crippen molar-refractivity contribution in [3.05, 3.63) is 29.3 Å². The zero-order chi connectivity index (χ0) is 14.5. The molecule has 1 aliphatic heterocycles. The molecule has 1 aliphatic rings. The number of amides is 1. The average Bonchev–Trinajstić information content (AvgIpc) is 2.41. The molecule has 2 atom stereocenters. The summed E-state index contributed by atoms with van der Waals surface area (Å²) in [5.74, 6) is 0.870. The largest absolute Gasteiger partial charge is 0.493 e. The maximum Gasteiger partial charge on any atom is 0.226 e. The number of nitrogens with two attached hydrogens (primary N) is 1. The van der Waals surface area contributed by atoms with E-state index >= 15 is 0 Å². The zero-order valence-corrected chi connectivity index (χ0v) is 12.5. The van der Waals surface area contributed by atoms with Crippen LogP contribution in [0.4, 0.5) is 0 Å². The Labute approximate surface area is 124 Å². The zero-order valence-electron chi connectivity index (χ0n) is 11.7. The van der Waals surface area contributed by atoms with Crippen LogP contribution in [-0.2, 0) is 4.79 Å². The van der Waals surface area contributed by atoms with Crippen molar-refractivity contribution < 1.29 is 9.53 Å². The van der Waals surface area contributed by atoms with Gasteiger partial charge in [0, 0.05) is 23.7 Å². The second-order valence-corrected chi connectivity index (χ2v) is 5.71. The number of carbonyl (C=O) groups excluding carboxylic acids is 1. The molecule has 0 aromatic heterocycles. The van der Waals surface area contributed by atoms with Crippen molar-refractivity contribution in [2.75, 3.05) is 13.2 Å². The van der Waals surface area contributed by atoms with Crippen LogP contribution >= 0.6 is 11.6 Å². The molecular weight excluding hydrogens is 276 g/mol. The summed E-state index contributed by atoms with van der Waals surface area (Å²) >= 11 is 5.80. The highest BCUT2D eigenvalue weighted by Gasteiger charge is 2.26. The molecule has 0 bridgehead atoms. The fourth-order valence-corrected chi connectivity index (χ4v) is 2.64. The molecule has 20 heavy (non-hydrogen) atoms. The lowest BCUT2D eigenvalue weighted by atomic mass is 9.99. The first-order valence-electron chi connectivity index (χ1n) is 6.99. The van der Waals surface area contributed by atoms with Crippen LogP contribution in [0.3, 0.4) is 0 Å². The molecule has 1 aromatic rings. The van der Waals surface area contributed by atoms with Gasteiger partial charge in [0.15, 0.2) is 0 Å². The molecule has 1 heterocycles. The summed E-state index contributed by atoms with van der Waals surface area (Å²) in [5, 5.41) is 0.673. The summed E-state index contributed by atoms with van der Waals surface area (Å²) in [4.78, 5) is 14.1. The number of nitrogens with zero attached hydrogens (tertiary/aromatic N) is 1. The molecule has 1 fully saturated rings. The number of carbonyl (C=O) groups is 1. The first kappa shape index (κ1) is 15.1. The standard InChI is InChI=1S/C15H21ClN2O2/c1-11-10-13(17)6-8-18(11)15(19)7-9-20-14-4-2-12(16)3-5-14/h2-5,11,13H,6-10,17H2,1H3. The van der Waals surface area contributed by atoms with E-state index in [1.54, 1.807) is 24.3 Å². The third kappa shape index (κ3) is 4.12.